The van der Waals surface area contributed by atoms with Crippen molar-refractivity contribution in [2.75, 3.05) is 16.8 Å². The molecule has 0 spiro atoms. The van der Waals surface area contributed by atoms with Crippen molar-refractivity contribution in [3.8, 4) is 0 Å². The Morgan fingerprint density at radius 2 is 2.24 bits per heavy atom. The van der Waals surface area contributed by atoms with Gasteiger partial charge in [-0.3, -0.25) is 14.8 Å². The predicted octanol–water partition coefficient (Wildman–Crippen LogP) is 2.78. The predicted molar refractivity (Wildman–Crippen MR) is 82.1 cm³/mol. The Balaban J connectivity index is 1.76. The molecular formula is C16H18N4O. The molecule has 2 heterocycles. The van der Waals surface area contributed by atoms with Gasteiger partial charge in [0.2, 0.25) is 5.91 Å². The molecule has 0 saturated carbocycles. The van der Waals surface area contributed by atoms with E-state index in [1.165, 1.54) is 0 Å². The van der Waals surface area contributed by atoms with Crippen LogP contribution in [0.15, 0.2) is 42.9 Å². The van der Waals surface area contributed by atoms with Gasteiger partial charge >= 0.3 is 0 Å². The Morgan fingerprint density at radius 3 is 2.95 bits per heavy atom. The van der Waals surface area contributed by atoms with Crippen LogP contribution >= 0.6 is 0 Å². The van der Waals surface area contributed by atoms with Crippen molar-refractivity contribution >= 4 is 17.3 Å². The minimum atomic E-state index is 0.0585. The van der Waals surface area contributed by atoms with Gasteiger partial charge in [0.25, 0.3) is 0 Å². The first-order valence-corrected chi connectivity index (χ1v) is 7.17. The smallest absolute Gasteiger partial charge is 0.227 e. The third-order valence-corrected chi connectivity index (χ3v) is 3.64. The SMILES string of the molecule is CC(Nc1cccc(N2CCCC2=O)c1)c1cnccn1. The van der Waals surface area contributed by atoms with E-state index in [-0.39, 0.29) is 11.9 Å². The lowest BCUT2D eigenvalue weighted by Gasteiger charge is -2.19. The second-order valence-electron chi connectivity index (χ2n) is 5.20. The maximum absolute atomic E-state index is 11.8. The average Bonchev–Trinajstić information content (AvgIpc) is 2.94. The van der Waals surface area contributed by atoms with Gasteiger partial charge in [0.1, 0.15) is 0 Å². The van der Waals surface area contributed by atoms with E-state index in [0.29, 0.717) is 6.42 Å². The third kappa shape index (κ3) is 3.02. The van der Waals surface area contributed by atoms with Gasteiger partial charge in [-0.1, -0.05) is 6.07 Å². The summed E-state index contributed by atoms with van der Waals surface area (Å²) in [6.45, 7) is 2.85. The summed E-state index contributed by atoms with van der Waals surface area (Å²) in [6.07, 6.45) is 6.69. The largest absolute Gasteiger partial charge is 0.377 e. The number of benzene rings is 1. The fourth-order valence-electron chi connectivity index (χ4n) is 2.54. The summed E-state index contributed by atoms with van der Waals surface area (Å²) in [5, 5.41) is 3.40. The standard InChI is InChI=1S/C16H18N4O/c1-12(15-11-17-7-8-18-15)19-13-4-2-5-14(10-13)20-9-3-6-16(20)21/h2,4-5,7-8,10-12,19H,3,6,9H2,1H3. The maximum atomic E-state index is 11.8. The number of carbonyl (C=O) groups is 1. The highest BCUT2D eigenvalue weighted by Gasteiger charge is 2.21. The normalized spacial score (nSPS) is 16.0. The summed E-state index contributed by atoms with van der Waals surface area (Å²) in [6, 6.07) is 8.00. The molecule has 1 fully saturated rings. The molecule has 1 amide bonds. The van der Waals surface area contributed by atoms with Crippen molar-refractivity contribution < 1.29 is 4.79 Å². The lowest BCUT2D eigenvalue weighted by Crippen LogP contribution is -2.23. The minimum absolute atomic E-state index is 0.0585. The van der Waals surface area contributed by atoms with E-state index in [9.17, 15) is 4.79 Å². The summed E-state index contributed by atoms with van der Waals surface area (Å²) in [5.41, 5.74) is 2.82. The second-order valence-corrected chi connectivity index (χ2v) is 5.20. The van der Waals surface area contributed by atoms with Crippen LogP contribution in [-0.2, 0) is 4.79 Å². The molecule has 2 aromatic rings. The van der Waals surface area contributed by atoms with Crippen LogP contribution in [0.5, 0.6) is 0 Å². The minimum Gasteiger partial charge on any atom is -0.377 e. The van der Waals surface area contributed by atoms with Crippen LogP contribution in [0.25, 0.3) is 0 Å². The molecule has 1 atom stereocenters. The van der Waals surface area contributed by atoms with Crippen molar-refractivity contribution in [2.45, 2.75) is 25.8 Å². The first-order valence-electron chi connectivity index (χ1n) is 7.17. The van der Waals surface area contributed by atoms with Gasteiger partial charge in [-0.15, -0.1) is 0 Å². The van der Waals surface area contributed by atoms with Crippen LogP contribution in [0.4, 0.5) is 11.4 Å². The van der Waals surface area contributed by atoms with E-state index in [1.807, 2.05) is 36.1 Å². The van der Waals surface area contributed by atoms with E-state index >= 15 is 0 Å². The third-order valence-electron chi connectivity index (χ3n) is 3.64. The highest BCUT2D eigenvalue weighted by atomic mass is 16.2. The number of nitrogens with zero attached hydrogens (tertiary/aromatic N) is 3. The Morgan fingerprint density at radius 1 is 1.33 bits per heavy atom. The highest BCUT2D eigenvalue weighted by molar-refractivity contribution is 5.95. The summed E-state index contributed by atoms with van der Waals surface area (Å²) in [4.78, 5) is 22.0. The lowest BCUT2D eigenvalue weighted by atomic mass is 10.2. The molecule has 1 aromatic heterocycles. The lowest BCUT2D eigenvalue weighted by molar-refractivity contribution is -0.117. The van der Waals surface area contributed by atoms with Crippen molar-refractivity contribution in [3.05, 3.63) is 48.5 Å². The summed E-state index contributed by atoms with van der Waals surface area (Å²) in [5.74, 6) is 0.203. The first kappa shape index (κ1) is 13.5. The quantitative estimate of drug-likeness (QED) is 0.936. The highest BCUT2D eigenvalue weighted by Crippen LogP contribution is 2.26. The van der Waals surface area contributed by atoms with Crippen molar-refractivity contribution in [1.29, 1.82) is 0 Å². The molecule has 0 bridgehead atoms. The van der Waals surface area contributed by atoms with Crippen molar-refractivity contribution in [2.24, 2.45) is 0 Å². The molecule has 1 saturated heterocycles. The zero-order chi connectivity index (χ0) is 14.7. The van der Waals surface area contributed by atoms with Gasteiger partial charge in [0.15, 0.2) is 0 Å². The van der Waals surface area contributed by atoms with Gasteiger partial charge < -0.3 is 10.2 Å². The van der Waals surface area contributed by atoms with Gasteiger partial charge in [0, 0.05) is 36.7 Å². The number of amides is 1. The summed E-state index contributed by atoms with van der Waals surface area (Å²) >= 11 is 0. The van der Waals surface area contributed by atoms with Crippen LogP contribution in [-0.4, -0.2) is 22.4 Å². The Kier molecular flexibility index (Phi) is 3.81. The molecule has 0 aliphatic carbocycles. The van der Waals surface area contributed by atoms with Gasteiger partial charge in [-0.05, 0) is 31.5 Å². The van der Waals surface area contributed by atoms with E-state index in [2.05, 4.69) is 15.3 Å². The molecule has 21 heavy (non-hydrogen) atoms. The van der Waals surface area contributed by atoms with Crippen molar-refractivity contribution in [3.63, 3.8) is 0 Å². The Hall–Kier alpha value is -2.43. The topological polar surface area (TPSA) is 58.1 Å². The molecule has 5 nitrogen and oxygen atoms in total. The van der Waals surface area contributed by atoms with Crippen LogP contribution < -0.4 is 10.2 Å². The molecule has 0 radical (unpaired) electrons. The zero-order valence-electron chi connectivity index (χ0n) is 12.0. The monoisotopic (exact) mass is 282 g/mol. The molecule has 5 heteroatoms. The Labute approximate surface area is 124 Å². The van der Waals surface area contributed by atoms with E-state index in [0.717, 1.165) is 30.0 Å². The average molecular weight is 282 g/mol. The van der Waals surface area contributed by atoms with Crippen LogP contribution in [0, 0.1) is 0 Å². The number of aromatic nitrogens is 2. The molecule has 3 rings (SSSR count). The number of hydrogen-bond donors (Lipinski definition) is 1. The molecule has 1 aliphatic heterocycles. The second kappa shape index (κ2) is 5.91. The number of anilines is 2. The summed E-state index contributed by atoms with van der Waals surface area (Å²) in [7, 11) is 0. The summed E-state index contributed by atoms with van der Waals surface area (Å²) < 4.78 is 0. The van der Waals surface area contributed by atoms with Crippen LogP contribution in [0.1, 0.15) is 31.5 Å². The zero-order valence-corrected chi connectivity index (χ0v) is 12.0. The maximum Gasteiger partial charge on any atom is 0.227 e. The fraction of sp³-hybridized carbons (Fsp3) is 0.312. The van der Waals surface area contributed by atoms with Gasteiger partial charge in [-0.25, -0.2) is 0 Å². The van der Waals surface area contributed by atoms with E-state index in [4.69, 9.17) is 0 Å². The van der Waals surface area contributed by atoms with E-state index < -0.39 is 0 Å². The van der Waals surface area contributed by atoms with Gasteiger partial charge in [-0.2, -0.15) is 0 Å². The number of rotatable bonds is 4. The Bertz CT molecular complexity index is 629. The van der Waals surface area contributed by atoms with Gasteiger partial charge in [0.05, 0.1) is 17.9 Å². The molecule has 1 aliphatic rings. The first-order chi connectivity index (χ1) is 10.2. The van der Waals surface area contributed by atoms with E-state index in [1.54, 1.807) is 18.6 Å². The molecule has 1 unspecified atom stereocenters. The number of hydrogen-bond acceptors (Lipinski definition) is 4. The molecule has 1 aromatic carbocycles. The number of nitrogens with one attached hydrogen (secondary N) is 1. The van der Waals surface area contributed by atoms with Crippen LogP contribution in [0.3, 0.4) is 0 Å². The molecule has 1 N–H and O–H groups in total. The van der Waals surface area contributed by atoms with Crippen LogP contribution in [0.2, 0.25) is 0 Å². The molecule has 108 valence electrons. The van der Waals surface area contributed by atoms with Crippen molar-refractivity contribution in [1.82, 2.24) is 9.97 Å². The fourth-order valence-corrected chi connectivity index (χ4v) is 2.54. The molecular weight excluding hydrogens is 264 g/mol. The number of carbonyl (C=O) groups excluding carboxylic acids is 1.